The number of nitrogens with zero attached hydrogens (tertiary/aromatic N) is 3. The Balaban J connectivity index is 1.69. The van der Waals surface area contributed by atoms with Gasteiger partial charge in [0, 0.05) is 37.1 Å². The predicted octanol–water partition coefficient (Wildman–Crippen LogP) is 2.78. The maximum Gasteiger partial charge on any atom is 0.129 e. The van der Waals surface area contributed by atoms with Crippen LogP contribution in [0.3, 0.4) is 0 Å². The van der Waals surface area contributed by atoms with Crippen LogP contribution < -0.4 is 0 Å². The maximum absolute atomic E-state index is 13.8. The normalized spacial score (nSPS) is 23.8. The molecule has 0 amide bonds. The van der Waals surface area contributed by atoms with Gasteiger partial charge in [-0.3, -0.25) is 4.90 Å². The molecule has 0 spiro atoms. The highest BCUT2D eigenvalue weighted by Gasteiger charge is 2.29. The van der Waals surface area contributed by atoms with E-state index in [1.807, 2.05) is 6.20 Å². The molecule has 3 rings (SSSR count). The Morgan fingerprint density at radius 3 is 2.96 bits per heavy atom. The summed E-state index contributed by atoms with van der Waals surface area (Å²) in [6.07, 6.45) is 5.44. The second kappa shape index (κ2) is 6.76. The van der Waals surface area contributed by atoms with Crippen LogP contribution in [-0.4, -0.2) is 39.2 Å². The van der Waals surface area contributed by atoms with Crippen LogP contribution in [0.25, 0.3) is 0 Å². The molecule has 1 N–H and O–H groups in total. The van der Waals surface area contributed by atoms with E-state index >= 15 is 0 Å². The molecule has 3 unspecified atom stereocenters. The number of hydrogen-bond acceptors (Lipinski definition) is 3. The third-order valence-corrected chi connectivity index (χ3v) is 4.66. The van der Waals surface area contributed by atoms with Crippen molar-refractivity contribution in [1.82, 2.24) is 14.5 Å². The van der Waals surface area contributed by atoms with E-state index in [9.17, 15) is 13.9 Å². The molecule has 1 saturated heterocycles. The van der Waals surface area contributed by atoms with Crippen LogP contribution in [0.5, 0.6) is 0 Å². The number of aliphatic hydroxyl groups is 1. The van der Waals surface area contributed by atoms with Crippen LogP contribution in [0.4, 0.5) is 8.78 Å². The standard InChI is InChI=1S/C17H21F2N3O/c1-12-4-6-21(9-16(12)22-7-5-20-11-22)10-17(23)14-8-13(18)2-3-15(14)19/h2-3,5,7-8,11-12,16-17,23H,4,6,9-10H2,1H3. The lowest BCUT2D eigenvalue weighted by Crippen LogP contribution is -2.42. The third kappa shape index (κ3) is 3.59. The zero-order valence-electron chi connectivity index (χ0n) is 13.1. The van der Waals surface area contributed by atoms with Crippen molar-refractivity contribution >= 4 is 0 Å². The van der Waals surface area contributed by atoms with Crippen LogP contribution in [0.2, 0.25) is 0 Å². The summed E-state index contributed by atoms with van der Waals surface area (Å²) in [7, 11) is 0. The average molecular weight is 321 g/mol. The van der Waals surface area contributed by atoms with Crippen molar-refractivity contribution in [3.05, 3.63) is 54.1 Å². The lowest BCUT2D eigenvalue weighted by atomic mass is 9.93. The Morgan fingerprint density at radius 1 is 1.39 bits per heavy atom. The molecule has 23 heavy (non-hydrogen) atoms. The molecule has 1 aromatic heterocycles. The van der Waals surface area contributed by atoms with Crippen LogP contribution in [-0.2, 0) is 0 Å². The van der Waals surface area contributed by atoms with Crippen molar-refractivity contribution in [2.75, 3.05) is 19.6 Å². The van der Waals surface area contributed by atoms with Crippen LogP contribution in [0, 0.1) is 17.6 Å². The molecular formula is C17H21F2N3O. The summed E-state index contributed by atoms with van der Waals surface area (Å²) in [6.45, 7) is 4.08. The average Bonchev–Trinajstić information content (AvgIpc) is 3.05. The molecular weight excluding hydrogens is 300 g/mol. The van der Waals surface area contributed by atoms with Gasteiger partial charge in [-0.15, -0.1) is 0 Å². The van der Waals surface area contributed by atoms with Gasteiger partial charge in [0.25, 0.3) is 0 Å². The number of hydrogen-bond donors (Lipinski definition) is 1. The van der Waals surface area contributed by atoms with Gasteiger partial charge in [-0.25, -0.2) is 13.8 Å². The summed E-state index contributed by atoms with van der Waals surface area (Å²) >= 11 is 0. The largest absolute Gasteiger partial charge is 0.387 e. The zero-order valence-corrected chi connectivity index (χ0v) is 13.1. The summed E-state index contributed by atoms with van der Waals surface area (Å²) in [5.74, 6) is -0.608. The minimum atomic E-state index is -1.04. The van der Waals surface area contributed by atoms with Crippen molar-refractivity contribution in [2.45, 2.75) is 25.5 Å². The highest BCUT2D eigenvalue weighted by Crippen LogP contribution is 2.29. The summed E-state index contributed by atoms with van der Waals surface area (Å²) in [4.78, 5) is 6.19. The van der Waals surface area contributed by atoms with Crippen molar-refractivity contribution in [2.24, 2.45) is 5.92 Å². The van der Waals surface area contributed by atoms with Gasteiger partial charge in [0.05, 0.1) is 12.4 Å². The third-order valence-electron chi connectivity index (χ3n) is 4.66. The van der Waals surface area contributed by atoms with E-state index in [0.717, 1.165) is 37.7 Å². The molecule has 0 saturated carbocycles. The quantitative estimate of drug-likeness (QED) is 0.941. The molecule has 1 aromatic carbocycles. The topological polar surface area (TPSA) is 41.3 Å². The SMILES string of the molecule is CC1CCN(CC(O)c2cc(F)ccc2F)CC1n1ccnc1. The van der Waals surface area contributed by atoms with Gasteiger partial charge in [0.2, 0.25) is 0 Å². The molecule has 6 heteroatoms. The molecule has 1 aliphatic heterocycles. The van der Waals surface area contributed by atoms with Crippen molar-refractivity contribution in [3.8, 4) is 0 Å². The fourth-order valence-electron chi connectivity index (χ4n) is 3.25. The molecule has 1 fully saturated rings. The summed E-state index contributed by atoms with van der Waals surface area (Å²) in [6, 6.07) is 3.46. The number of β-amino-alcohol motifs (C(OH)–C–C–N with tert-alkyl or cyclic N) is 1. The maximum atomic E-state index is 13.8. The first-order chi connectivity index (χ1) is 11.0. The van der Waals surface area contributed by atoms with Gasteiger partial charge in [-0.1, -0.05) is 6.92 Å². The molecule has 4 nitrogen and oxygen atoms in total. The van der Waals surface area contributed by atoms with Crippen LogP contribution >= 0.6 is 0 Å². The number of piperidine rings is 1. The first-order valence-corrected chi connectivity index (χ1v) is 7.87. The first kappa shape index (κ1) is 16.1. The van der Waals surface area contributed by atoms with Crippen molar-refractivity contribution in [1.29, 1.82) is 0 Å². The highest BCUT2D eigenvalue weighted by molar-refractivity contribution is 5.21. The molecule has 2 aromatic rings. The Bertz CT molecular complexity index is 647. The minimum absolute atomic E-state index is 0.0165. The predicted molar refractivity (Wildman–Crippen MR) is 82.8 cm³/mol. The van der Waals surface area contributed by atoms with Crippen molar-refractivity contribution in [3.63, 3.8) is 0 Å². The smallest absolute Gasteiger partial charge is 0.129 e. The number of aromatic nitrogens is 2. The Morgan fingerprint density at radius 2 is 2.22 bits per heavy atom. The second-order valence-corrected chi connectivity index (χ2v) is 6.28. The van der Waals surface area contributed by atoms with Gasteiger partial charge in [-0.05, 0) is 37.1 Å². The fraction of sp³-hybridized carbons (Fsp3) is 0.471. The molecule has 0 aliphatic carbocycles. The summed E-state index contributed by atoms with van der Waals surface area (Å²) < 4.78 is 29.1. The molecule has 124 valence electrons. The Kier molecular flexibility index (Phi) is 4.73. The number of imidazole rings is 1. The Labute approximate surface area is 134 Å². The monoisotopic (exact) mass is 321 g/mol. The molecule has 2 heterocycles. The van der Waals surface area contributed by atoms with Gasteiger partial charge in [0.1, 0.15) is 11.6 Å². The van der Waals surface area contributed by atoms with Gasteiger partial charge in [-0.2, -0.15) is 0 Å². The van der Waals surface area contributed by atoms with Crippen LogP contribution in [0.1, 0.15) is 31.1 Å². The molecule has 0 bridgehead atoms. The minimum Gasteiger partial charge on any atom is -0.387 e. The number of likely N-dealkylation sites (tertiary alicyclic amines) is 1. The lowest BCUT2D eigenvalue weighted by Gasteiger charge is -2.38. The summed E-state index contributed by atoms with van der Waals surface area (Å²) in [5, 5.41) is 10.3. The van der Waals surface area contributed by atoms with Gasteiger partial charge >= 0.3 is 0 Å². The van der Waals surface area contributed by atoms with Crippen LogP contribution in [0.15, 0.2) is 36.9 Å². The number of rotatable bonds is 4. The second-order valence-electron chi connectivity index (χ2n) is 6.28. The first-order valence-electron chi connectivity index (χ1n) is 7.87. The van der Waals surface area contributed by atoms with Gasteiger partial charge in [0.15, 0.2) is 0 Å². The molecule has 1 aliphatic rings. The Hall–Kier alpha value is -1.79. The van der Waals surface area contributed by atoms with E-state index in [0.29, 0.717) is 5.92 Å². The van der Waals surface area contributed by atoms with Gasteiger partial charge < -0.3 is 9.67 Å². The van der Waals surface area contributed by atoms with E-state index < -0.39 is 17.7 Å². The summed E-state index contributed by atoms with van der Waals surface area (Å²) in [5.41, 5.74) is 0.0165. The number of aliphatic hydroxyl groups excluding tert-OH is 1. The van der Waals surface area contributed by atoms with E-state index in [-0.39, 0.29) is 18.2 Å². The fourth-order valence-corrected chi connectivity index (χ4v) is 3.25. The molecule has 3 atom stereocenters. The van der Waals surface area contributed by atoms with E-state index in [4.69, 9.17) is 0 Å². The number of halogens is 2. The molecule has 0 radical (unpaired) electrons. The lowest BCUT2D eigenvalue weighted by molar-refractivity contribution is 0.0668. The number of benzene rings is 1. The van der Waals surface area contributed by atoms with E-state index in [1.54, 1.807) is 12.5 Å². The van der Waals surface area contributed by atoms with E-state index in [2.05, 4.69) is 21.4 Å². The zero-order chi connectivity index (χ0) is 16.4. The highest BCUT2D eigenvalue weighted by atomic mass is 19.1. The van der Waals surface area contributed by atoms with Crippen molar-refractivity contribution < 1.29 is 13.9 Å². The van der Waals surface area contributed by atoms with E-state index in [1.165, 1.54) is 0 Å².